The molecule has 33 heavy (non-hydrogen) atoms. The van der Waals surface area contributed by atoms with Crippen molar-refractivity contribution in [2.75, 3.05) is 23.5 Å². The molecule has 0 radical (unpaired) electrons. The lowest BCUT2D eigenvalue weighted by Crippen LogP contribution is -2.41. The highest BCUT2D eigenvalue weighted by Gasteiger charge is 2.27. The third-order valence-corrected chi connectivity index (χ3v) is 5.16. The van der Waals surface area contributed by atoms with Crippen molar-refractivity contribution in [3.63, 3.8) is 0 Å². The molecule has 2 amide bonds. The summed E-state index contributed by atoms with van der Waals surface area (Å²) >= 11 is 0. The largest absolute Gasteiger partial charge is 0.478 e. The van der Waals surface area contributed by atoms with Crippen LogP contribution in [0.15, 0.2) is 42.5 Å². The number of benzene rings is 2. The lowest BCUT2D eigenvalue weighted by atomic mass is 9.97. The van der Waals surface area contributed by atoms with E-state index in [1.807, 2.05) is 23.1 Å². The van der Waals surface area contributed by atoms with Gasteiger partial charge in [0.1, 0.15) is 0 Å². The fourth-order valence-electron chi connectivity index (χ4n) is 3.31. The third-order valence-electron chi connectivity index (χ3n) is 5.16. The second-order valence-electron chi connectivity index (χ2n) is 8.84. The van der Waals surface area contributed by atoms with E-state index in [0.29, 0.717) is 25.3 Å². The molecule has 0 saturated carbocycles. The maximum Gasteiger partial charge on any atom is 0.335 e. The van der Waals surface area contributed by atoms with E-state index in [-0.39, 0.29) is 24.3 Å². The van der Waals surface area contributed by atoms with Crippen LogP contribution in [0.5, 0.6) is 0 Å². The van der Waals surface area contributed by atoms with Crippen LogP contribution < -0.4 is 10.2 Å². The molecule has 0 unspecified atom stereocenters. The van der Waals surface area contributed by atoms with Gasteiger partial charge in [0.15, 0.2) is 6.73 Å². The van der Waals surface area contributed by atoms with Crippen molar-refractivity contribution < 1.29 is 24.2 Å². The van der Waals surface area contributed by atoms with Gasteiger partial charge < -0.3 is 20.1 Å². The highest BCUT2D eigenvalue weighted by atomic mass is 16.5. The van der Waals surface area contributed by atoms with E-state index < -0.39 is 11.4 Å². The Bertz CT molecular complexity index is 1100. The summed E-state index contributed by atoms with van der Waals surface area (Å²) in [4.78, 5) is 38.9. The van der Waals surface area contributed by atoms with Crippen LogP contribution in [-0.2, 0) is 22.6 Å². The molecule has 1 aliphatic rings. The molecule has 8 heteroatoms. The number of nitrogens with zero attached hydrogens (tertiary/aromatic N) is 2. The molecule has 0 atom stereocenters. The molecular formula is C25H27N3O5. The highest BCUT2D eigenvalue weighted by molar-refractivity contribution is 5.92. The van der Waals surface area contributed by atoms with Crippen LogP contribution in [0.4, 0.5) is 16.2 Å². The normalized spacial score (nSPS) is 12.9. The van der Waals surface area contributed by atoms with E-state index in [4.69, 9.17) is 16.3 Å². The van der Waals surface area contributed by atoms with Crippen molar-refractivity contribution >= 4 is 29.3 Å². The van der Waals surface area contributed by atoms with E-state index in [0.717, 1.165) is 16.8 Å². The number of terminal acetylenes is 1. The molecule has 0 aliphatic carbocycles. The maximum atomic E-state index is 12.4. The van der Waals surface area contributed by atoms with Gasteiger partial charge in [-0.1, -0.05) is 18.1 Å². The number of hydrogen-bond donors (Lipinski definition) is 2. The Kier molecular flexibility index (Phi) is 6.92. The molecule has 2 N–H and O–H groups in total. The zero-order chi connectivity index (χ0) is 24.2. The summed E-state index contributed by atoms with van der Waals surface area (Å²) in [6, 6.07) is 11.9. The SMILES string of the molecule is C#CCN(Cc1ccc2c(c1)CN(COC(=O)C(C)(C)C)C(=O)N2)c1ccc(C(=O)O)cc1. The summed E-state index contributed by atoms with van der Waals surface area (Å²) in [6.45, 7) is 6.27. The van der Waals surface area contributed by atoms with Crippen molar-refractivity contribution in [2.24, 2.45) is 5.41 Å². The number of aromatic carboxylic acids is 1. The van der Waals surface area contributed by atoms with Crippen LogP contribution >= 0.6 is 0 Å². The number of rotatable bonds is 7. The minimum absolute atomic E-state index is 0.134. The molecule has 0 bridgehead atoms. The summed E-state index contributed by atoms with van der Waals surface area (Å²) in [5, 5.41) is 11.9. The lowest BCUT2D eigenvalue weighted by Gasteiger charge is -2.30. The molecule has 2 aromatic carbocycles. The number of hydrogen-bond acceptors (Lipinski definition) is 5. The summed E-state index contributed by atoms with van der Waals surface area (Å²) in [5.41, 5.74) is 2.92. The van der Waals surface area contributed by atoms with Crippen LogP contribution in [0.3, 0.4) is 0 Å². The number of fused-ring (bicyclic) bond motifs is 1. The van der Waals surface area contributed by atoms with Crippen molar-refractivity contribution in [1.82, 2.24) is 4.90 Å². The monoisotopic (exact) mass is 449 g/mol. The first-order valence-electron chi connectivity index (χ1n) is 10.4. The quantitative estimate of drug-likeness (QED) is 0.491. The summed E-state index contributed by atoms with van der Waals surface area (Å²) in [6.07, 6.45) is 5.55. The molecule has 1 aliphatic heterocycles. The van der Waals surface area contributed by atoms with E-state index in [2.05, 4.69) is 11.2 Å². The first-order valence-corrected chi connectivity index (χ1v) is 10.4. The number of carbonyl (C=O) groups is 3. The average molecular weight is 450 g/mol. The summed E-state index contributed by atoms with van der Waals surface area (Å²) < 4.78 is 5.30. The highest BCUT2D eigenvalue weighted by Crippen LogP contribution is 2.27. The van der Waals surface area contributed by atoms with Gasteiger partial charge in [0.05, 0.1) is 24.1 Å². The smallest absolute Gasteiger partial charge is 0.335 e. The van der Waals surface area contributed by atoms with Crippen LogP contribution in [-0.4, -0.2) is 41.3 Å². The number of anilines is 2. The minimum Gasteiger partial charge on any atom is -0.478 e. The molecule has 0 aromatic heterocycles. The zero-order valence-electron chi connectivity index (χ0n) is 18.9. The van der Waals surface area contributed by atoms with Crippen LogP contribution in [0, 0.1) is 17.8 Å². The second-order valence-corrected chi connectivity index (χ2v) is 8.84. The summed E-state index contributed by atoms with van der Waals surface area (Å²) in [5.74, 6) is 1.27. The fraction of sp³-hybridized carbons (Fsp3) is 0.320. The Morgan fingerprint density at radius 3 is 2.52 bits per heavy atom. The second kappa shape index (κ2) is 9.65. The number of esters is 1. The van der Waals surface area contributed by atoms with E-state index in [9.17, 15) is 14.4 Å². The van der Waals surface area contributed by atoms with Crippen molar-refractivity contribution in [2.45, 2.75) is 33.9 Å². The Morgan fingerprint density at radius 1 is 1.21 bits per heavy atom. The Hall–Kier alpha value is -3.99. The van der Waals surface area contributed by atoms with Gasteiger partial charge in [-0.15, -0.1) is 6.42 Å². The standard InChI is InChI=1S/C25H27N3O5/c1-5-12-27(20-9-7-18(8-10-20)22(29)30)14-17-6-11-21-19(13-17)15-28(24(32)26-21)16-33-23(31)25(2,3)4/h1,6-11,13H,12,14-16H2,2-4H3,(H,26,32)(H,29,30). The predicted octanol–water partition coefficient (Wildman–Crippen LogP) is 3.92. The molecule has 0 saturated heterocycles. The Labute approximate surface area is 193 Å². The first kappa shape index (κ1) is 23.7. The molecular weight excluding hydrogens is 422 g/mol. The van der Waals surface area contributed by atoms with E-state index in [1.54, 1.807) is 45.0 Å². The fourth-order valence-corrected chi connectivity index (χ4v) is 3.31. The van der Waals surface area contributed by atoms with Gasteiger partial charge in [0, 0.05) is 17.9 Å². The zero-order valence-corrected chi connectivity index (χ0v) is 18.9. The number of urea groups is 1. The lowest BCUT2D eigenvalue weighted by molar-refractivity contribution is -0.156. The Morgan fingerprint density at radius 2 is 1.91 bits per heavy atom. The van der Waals surface area contributed by atoms with Crippen LogP contribution in [0.2, 0.25) is 0 Å². The Balaban J connectivity index is 1.74. The molecule has 172 valence electrons. The molecule has 1 heterocycles. The van der Waals surface area contributed by atoms with Crippen molar-refractivity contribution in [1.29, 1.82) is 0 Å². The van der Waals surface area contributed by atoms with E-state index >= 15 is 0 Å². The number of carboxylic acids is 1. The van der Waals surface area contributed by atoms with Gasteiger partial charge >= 0.3 is 18.0 Å². The van der Waals surface area contributed by atoms with Crippen molar-refractivity contribution in [3.05, 3.63) is 59.2 Å². The summed E-state index contributed by atoms with van der Waals surface area (Å²) in [7, 11) is 0. The van der Waals surface area contributed by atoms with Crippen molar-refractivity contribution in [3.8, 4) is 12.3 Å². The predicted molar refractivity (Wildman–Crippen MR) is 125 cm³/mol. The van der Waals surface area contributed by atoms with Gasteiger partial charge in [0.2, 0.25) is 0 Å². The van der Waals surface area contributed by atoms with Gasteiger partial charge in [-0.05, 0) is 62.2 Å². The van der Waals surface area contributed by atoms with Gasteiger partial charge in [-0.25, -0.2) is 9.59 Å². The minimum atomic E-state index is -0.987. The first-order chi connectivity index (χ1) is 15.6. The molecule has 8 nitrogen and oxygen atoms in total. The van der Waals surface area contributed by atoms with Gasteiger partial charge in [-0.2, -0.15) is 0 Å². The number of ether oxygens (including phenoxy) is 1. The number of carboxylic acid groups (broad SMARTS) is 1. The average Bonchev–Trinajstić information content (AvgIpc) is 2.76. The number of amides is 2. The van der Waals surface area contributed by atoms with Crippen LogP contribution in [0.1, 0.15) is 42.3 Å². The molecule has 2 aromatic rings. The molecule has 0 fully saturated rings. The number of carbonyl (C=O) groups excluding carboxylic acids is 2. The third kappa shape index (κ3) is 5.83. The number of nitrogens with one attached hydrogen (secondary N) is 1. The maximum absolute atomic E-state index is 12.4. The van der Waals surface area contributed by atoms with Gasteiger partial charge in [-0.3, -0.25) is 9.69 Å². The topological polar surface area (TPSA) is 99.2 Å². The molecule has 3 rings (SSSR count). The van der Waals surface area contributed by atoms with Gasteiger partial charge in [0.25, 0.3) is 0 Å². The van der Waals surface area contributed by atoms with Crippen LogP contribution in [0.25, 0.3) is 0 Å². The molecule has 0 spiro atoms. The van der Waals surface area contributed by atoms with E-state index in [1.165, 1.54) is 4.90 Å².